The molecule has 1 aromatic carbocycles. The van der Waals surface area contributed by atoms with Crippen molar-refractivity contribution in [1.82, 2.24) is 9.97 Å². The second kappa shape index (κ2) is 7.70. The number of hydrogen-bond donors (Lipinski definition) is 2. The van der Waals surface area contributed by atoms with Gasteiger partial charge in [0.25, 0.3) is 5.91 Å². The van der Waals surface area contributed by atoms with Gasteiger partial charge in [0.05, 0.1) is 24.1 Å². The van der Waals surface area contributed by atoms with Crippen molar-refractivity contribution in [1.29, 1.82) is 0 Å². The van der Waals surface area contributed by atoms with E-state index in [0.717, 1.165) is 16.0 Å². The third-order valence-electron chi connectivity index (χ3n) is 3.28. The maximum Gasteiger partial charge on any atom is 0.255 e. The van der Waals surface area contributed by atoms with E-state index in [1.165, 1.54) is 0 Å². The van der Waals surface area contributed by atoms with Crippen molar-refractivity contribution in [3.05, 3.63) is 82.7 Å². The Labute approximate surface area is 148 Å². The standard InChI is InChI=1S/C18H15BrN4O/c19-14-5-3-4-13(10-14)18(24)23-16-7-8-17(22-12-16)21-11-15-6-1-2-9-20-15/h1-10,12H,11H2,(H,21,22)(H,23,24). The van der Waals surface area contributed by atoms with E-state index in [4.69, 9.17) is 0 Å². The number of aromatic nitrogens is 2. The van der Waals surface area contributed by atoms with Crippen LogP contribution < -0.4 is 10.6 Å². The minimum Gasteiger partial charge on any atom is -0.364 e. The molecular weight excluding hydrogens is 368 g/mol. The Morgan fingerprint density at radius 2 is 1.96 bits per heavy atom. The van der Waals surface area contributed by atoms with Gasteiger partial charge in [-0.05, 0) is 42.5 Å². The van der Waals surface area contributed by atoms with E-state index >= 15 is 0 Å². The minimum atomic E-state index is -0.174. The van der Waals surface area contributed by atoms with E-state index in [1.807, 2.05) is 42.5 Å². The molecule has 0 radical (unpaired) electrons. The van der Waals surface area contributed by atoms with Gasteiger partial charge in [-0.15, -0.1) is 0 Å². The van der Waals surface area contributed by atoms with E-state index in [-0.39, 0.29) is 5.91 Å². The molecule has 0 atom stereocenters. The monoisotopic (exact) mass is 382 g/mol. The largest absolute Gasteiger partial charge is 0.364 e. The van der Waals surface area contributed by atoms with Crippen LogP contribution in [0.2, 0.25) is 0 Å². The number of nitrogens with one attached hydrogen (secondary N) is 2. The summed E-state index contributed by atoms with van der Waals surface area (Å²) in [5, 5.41) is 6.01. The Bertz CT molecular complexity index is 822. The van der Waals surface area contributed by atoms with Crippen LogP contribution in [0, 0.1) is 0 Å². The van der Waals surface area contributed by atoms with Gasteiger partial charge in [0.15, 0.2) is 0 Å². The van der Waals surface area contributed by atoms with Crippen molar-refractivity contribution in [2.75, 3.05) is 10.6 Å². The smallest absolute Gasteiger partial charge is 0.255 e. The number of hydrogen-bond acceptors (Lipinski definition) is 4. The average Bonchev–Trinajstić information content (AvgIpc) is 2.62. The summed E-state index contributed by atoms with van der Waals surface area (Å²) >= 11 is 3.36. The third kappa shape index (κ3) is 4.39. The van der Waals surface area contributed by atoms with Gasteiger partial charge in [0.2, 0.25) is 0 Å². The van der Waals surface area contributed by atoms with E-state index in [2.05, 4.69) is 36.5 Å². The van der Waals surface area contributed by atoms with Gasteiger partial charge < -0.3 is 10.6 Å². The lowest BCUT2D eigenvalue weighted by Crippen LogP contribution is -2.12. The highest BCUT2D eigenvalue weighted by atomic mass is 79.9. The van der Waals surface area contributed by atoms with Gasteiger partial charge in [-0.3, -0.25) is 9.78 Å². The number of amides is 1. The molecule has 0 aliphatic carbocycles. The molecule has 120 valence electrons. The second-order valence-electron chi connectivity index (χ2n) is 5.07. The topological polar surface area (TPSA) is 66.9 Å². The SMILES string of the molecule is O=C(Nc1ccc(NCc2ccccn2)nc1)c1cccc(Br)c1. The molecule has 1 amide bonds. The first-order chi connectivity index (χ1) is 11.7. The lowest BCUT2D eigenvalue weighted by Gasteiger charge is -2.08. The maximum absolute atomic E-state index is 12.2. The number of nitrogens with zero attached hydrogens (tertiary/aromatic N) is 2. The van der Waals surface area contributed by atoms with Crippen molar-refractivity contribution in [3.8, 4) is 0 Å². The summed E-state index contributed by atoms with van der Waals surface area (Å²) in [6.07, 6.45) is 3.38. The van der Waals surface area contributed by atoms with E-state index in [9.17, 15) is 4.79 Å². The van der Waals surface area contributed by atoms with Crippen LogP contribution in [0.5, 0.6) is 0 Å². The first-order valence-corrected chi connectivity index (χ1v) is 8.17. The lowest BCUT2D eigenvalue weighted by atomic mass is 10.2. The summed E-state index contributed by atoms with van der Waals surface area (Å²) in [7, 11) is 0. The molecule has 0 spiro atoms. The predicted molar refractivity (Wildman–Crippen MR) is 97.9 cm³/mol. The number of benzene rings is 1. The highest BCUT2D eigenvalue weighted by molar-refractivity contribution is 9.10. The molecule has 3 rings (SSSR count). The fourth-order valence-corrected chi connectivity index (χ4v) is 2.49. The molecule has 0 saturated carbocycles. The van der Waals surface area contributed by atoms with Gasteiger partial charge in [0.1, 0.15) is 5.82 Å². The van der Waals surface area contributed by atoms with Crippen LogP contribution in [0.1, 0.15) is 16.1 Å². The van der Waals surface area contributed by atoms with Crippen LogP contribution in [0.3, 0.4) is 0 Å². The number of pyridine rings is 2. The predicted octanol–water partition coefficient (Wildman–Crippen LogP) is 4.10. The molecule has 0 fully saturated rings. The summed E-state index contributed by atoms with van der Waals surface area (Å²) < 4.78 is 0.863. The Kier molecular flexibility index (Phi) is 5.18. The molecule has 0 aliphatic rings. The molecule has 2 aromatic heterocycles. The Balaban J connectivity index is 1.59. The van der Waals surface area contributed by atoms with Crippen LogP contribution in [-0.2, 0) is 6.54 Å². The third-order valence-corrected chi connectivity index (χ3v) is 3.78. The number of carbonyl (C=O) groups excluding carboxylic acids is 1. The van der Waals surface area contributed by atoms with Crippen LogP contribution >= 0.6 is 15.9 Å². The molecule has 5 nitrogen and oxygen atoms in total. The first kappa shape index (κ1) is 16.1. The zero-order valence-electron chi connectivity index (χ0n) is 12.7. The van der Waals surface area contributed by atoms with Crippen LogP contribution in [0.4, 0.5) is 11.5 Å². The molecule has 0 saturated heterocycles. The summed E-state index contributed by atoms with van der Waals surface area (Å²) in [5.74, 6) is 0.549. The van der Waals surface area contributed by atoms with Crippen molar-refractivity contribution >= 4 is 33.3 Å². The minimum absolute atomic E-state index is 0.174. The van der Waals surface area contributed by atoms with Crippen LogP contribution in [0.15, 0.2) is 71.5 Å². The van der Waals surface area contributed by atoms with E-state index in [0.29, 0.717) is 17.8 Å². The maximum atomic E-state index is 12.2. The summed E-state index contributed by atoms with van der Waals surface area (Å²) in [6.45, 7) is 0.595. The first-order valence-electron chi connectivity index (χ1n) is 7.37. The quantitative estimate of drug-likeness (QED) is 0.696. The molecule has 3 aromatic rings. The van der Waals surface area contributed by atoms with E-state index < -0.39 is 0 Å². The van der Waals surface area contributed by atoms with Crippen LogP contribution in [-0.4, -0.2) is 15.9 Å². The summed E-state index contributed by atoms with van der Waals surface area (Å²) in [4.78, 5) is 20.7. The Hall–Kier alpha value is -2.73. The Morgan fingerprint density at radius 3 is 2.67 bits per heavy atom. The molecule has 6 heteroatoms. The normalized spacial score (nSPS) is 10.2. The van der Waals surface area contributed by atoms with Crippen molar-refractivity contribution in [2.24, 2.45) is 0 Å². The molecule has 0 unspecified atom stereocenters. The Morgan fingerprint density at radius 1 is 1.04 bits per heavy atom. The number of rotatable bonds is 5. The molecule has 2 heterocycles. The second-order valence-corrected chi connectivity index (χ2v) is 5.99. The highest BCUT2D eigenvalue weighted by Crippen LogP contribution is 2.15. The number of anilines is 2. The molecule has 2 N–H and O–H groups in total. The van der Waals surface area contributed by atoms with E-state index in [1.54, 1.807) is 24.5 Å². The fourth-order valence-electron chi connectivity index (χ4n) is 2.09. The van der Waals surface area contributed by atoms with Crippen molar-refractivity contribution < 1.29 is 4.79 Å². The number of halogens is 1. The molecule has 0 bridgehead atoms. The molecular formula is C18H15BrN4O. The van der Waals surface area contributed by atoms with Gasteiger partial charge in [-0.2, -0.15) is 0 Å². The molecule has 0 aliphatic heterocycles. The van der Waals surface area contributed by atoms with Crippen molar-refractivity contribution in [3.63, 3.8) is 0 Å². The van der Waals surface area contributed by atoms with Gasteiger partial charge in [0, 0.05) is 16.2 Å². The summed E-state index contributed by atoms with van der Waals surface area (Å²) in [5.41, 5.74) is 2.16. The number of carbonyl (C=O) groups is 1. The summed E-state index contributed by atoms with van der Waals surface area (Å²) in [6, 6.07) is 16.6. The molecule has 24 heavy (non-hydrogen) atoms. The van der Waals surface area contributed by atoms with Gasteiger partial charge in [-0.25, -0.2) is 4.98 Å². The average molecular weight is 383 g/mol. The van der Waals surface area contributed by atoms with Crippen LogP contribution in [0.25, 0.3) is 0 Å². The van der Waals surface area contributed by atoms with Crippen molar-refractivity contribution in [2.45, 2.75) is 6.54 Å². The fraction of sp³-hybridized carbons (Fsp3) is 0.0556. The highest BCUT2D eigenvalue weighted by Gasteiger charge is 2.06. The van der Waals surface area contributed by atoms with Gasteiger partial charge in [-0.1, -0.05) is 28.1 Å². The van der Waals surface area contributed by atoms with Gasteiger partial charge >= 0.3 is 0 Å². The zero-order chi connectivity index (χ0) is 16.8. The zero-order valence-corrected chi connectivity index (χ0v) is 14.3. The lowest BCUT2D eigenvalue weighted by molar-refractivity contribution is 0.102.